The lowest BCUT2D eigenvalue weighted by molar-refractivity contribution is 0.0640. The first-order valence-electron chi connectivity index (χ1n) is 9.43. The number of hydrogen-bond acceptors (Lipinski definition) is 5. The number of nitriles is 1. The van der Waals surface area contributed by atoms with Crippen LogP contribution in [0.1, 0.15) is 45.5 Å². The Balaban J connectivity index is 1.45. The normalized spacial score (nSPS) is 25.0. The second kappa shape index (κ2) is 6.26. The summed E-state index contributed by atoms with van der Waals surface area (Å²) < 4.78 is 14.5. The number of aromatic nitrogens is 1. The topological polar surface area (TPSA) is 86.1 Å². The molecule has 2 saturated carbocycles. The van der Waals surface area contributed by atoms with Crippen molar-refractivity contribution in [3.05, 3.63) is 58.0 Å². The fourth-order valence-corrected chi connectivity index (χ4v) is 4.53. The first-order valence-corrected chi connectivity index (χ1v) is 9.81. The highest BCUT2D eigenvalue weighted by atomic mass is 35.5. The Morgan fingerprint density at radius 2 is 1.93 bits per heavy atom. The van der Waals surface area contributed by atoms with Crippen molar-refractivity contribution in [2.45, 2.75) is 24.8 Å². The lowest BCUT2D eigenvalue weighted by Crippen LogP contribution is -2.43. The van der Waals surface area contributed by atoms with Crippen LogP contribution >= 0.6 is 11.6 Å². The van der Waals surface area contributed by atoms with Gasteiger partial charge in [-0.2, -0.15) is 5.26 Å². The molecule has 0 bridgehead atoms. The van der Waals surface area contributed by atoms with Gasteiger partial charge in [0.2, 0.25) is 0 Å². The van der Waals surface area contributed by atoms with Crippen LogP contribution in [-0.2, 0) is 0 Å². The molecule has 0 spiro atoms. The van der Waals surface area contributed by atoms with E-state index in [2.05, 4.69) is 10.3 Å². The lowest BCUT2D eigenvalue weighted by atomic mass is 10.1. The molecule has 2 amide bonds. The molecule has 1 N–H and O–H groups in total. The average Bonchev–Trinajstić information content (AvgIpc) is 3.62. The van der Waals surface area contributed by atoms with E-state index in [4.69, 9.17) is 16.9 Å². The van der Waals surface area contributed by atoms with Crippen molar-refractivity contribution < 1.29 is 14.0 Å². The van der Waals surface area contributed by atoms with Crippen LogP contribution in [-0.4, -0.2) is 33.8 Å². The summed E-state index contributed by atoms with van der Waals surface area (Å²) in [5, 5.41) is 12.0. The number of imide groups is 1. The van der Waals surface area contributed by atoms with Gasteiger partial charge in [0.15, 0.2) is 11.6 Å². The molecule has 0 saturated heterocycles. The number of amides is 2. The minimum absolute atomic E-state index is 0.0429. The Kier molecular flexibility index (Phi) is 3.90. The van der Waals surface area contributed by atoms with Crippen molar-refractivity contribution in [2.75, 3.05) is 11.9 Å². The molecule has 2 atom stereocenters. The van der Waals surface area contributed by atoms with E-state index in [-0.39, 0.29) is 40.8 Å². The van der Waals surface area contributed by atoms with E-state index >= 15 is 0 Å². The average molecular weight is 411 g/mol. The first-order chi connectivity index (χ1) is 13.9. The van der Waals surface area contributed by atoms with Crippen LogP contribution in [0.15, 0.2) is 30.3 Å². The molecule has 5 rings (SSSR count). The fourth-order valence-electron chi connectivity index (χ4n) is 4.35. The Hall–Kier alpha value is -2.98. The zero-order chi connectivity index (χ0) is 20.3. The van der Waals surface area contributed by atoms with Gasteiger partial charge in [-0.05, 0) is 49.3 Å². The van der Waals surface area contributed by atoms with Crippen molar-refractivity contribution in [1.29, 1.82) is 5.26 Å². The van der Waals surface area contributed by atoms with Gasteiger partial charge in [-0.1, -0.05) is 23.7 Å². The number of anilines is 1. The molecule has 29 heavy (non-hydrogen) atoms. The van der Waals surface area contributed by atoms with Crippen LogP contribution in [0.5, 0.6) is 0 Å². The highest BCUT2D eigenvalue weighted by molar-refractivity contribution is 6.30. The SMILES string of the molecule is N#Cc1cc(F)c(N[C@]2(CN3C(=O)c4ccccc4C3=O)CC2C2CC2)nc1Cl. The molecular weight excluding hydrogens is 395 g/mol. The van der Waals surface area contributed by atoms with Gasteiger partial charge < -0.3 is 5.32 Å². The molecule has 6 nitrogen and oxygen atoms in total. The highest BCUT2D eigenvalue weighted by Crippen LogP contribution is 2.59. The summed E-state index contributed by atoms with van der Waals surface area (Å²) in [6, 6.07) is 9.58. The molecule has 2 aromatic rings. The standard InChI is InChI=1S/C21H16ClFN4O2/c22-17-12(9-24)7-16(23)18(25-17)26-21(8-15(21)11-5-6-11)10-27-19(28)13-3-1-2-4-14(13)20(27)29/h1-4,7,11,15H,5-6,8,10H2,(H,25,26)/t15?,21-/m0/s1. The summed E-state index contributed by atoms with van der Waals surface area (Å²) in [5.74, 6) is -0.695. The third kappa shape index (κ3) is 2.87. The van der Waals surface area contributed by atoms with E-state index in [0.717, 1.165) is 18.9 Å². The Labute approximate surface area is 171 Å². The van der Waals surface area contributed by atoms with Crippen LogP contribution in [0.2, 0.25) is 5.15 Å². The molecule has 1 aromatic carbocycles. The Morgan fingerprint density at radius 1 is 1.28 bits per heavy atom. The number of carbonyl (C=O) groups excluding carboxylic acids is 2. The molecule has 2 aliphatic carbocycles. The third-order valence-electron chi connectivity index (χ3n) is 6.06. The molecule has 2 heterocycles. The highest BCUT2D eigenvalue weighted by Gasteiger charge is 2.62. The number of pyridine rings is 1. The maximum absolute atomic E-state index is 14.5. The van der Waals surface area contributed by atoms with Gasteiger partial charge in [0.1, 0.15) is 11.2 Å². The summed E-state index contributed by atoms with van der Waals surface area (Å²) in [5.41, 5.74) is 0.0995. The quantitative estimate of drug-likeness (QED) is 0.601. The number of rotatable bonds is 5. The largest absolute Gasteiger partial charge is 0.360 e. The monoisotopic (exact) mass is 410 g/mol. The fraction of sp³-hybridized carbons (Fsp3) is 0.333. The zero-order valence-electron chi connectivity index (χ0n) is 15.3. The van der Waals surface area contributed by atoms with Gasteiger partial charge in [0.05, 0.1) is 28.8 Å². The van der Waals surface area contributed by atoms with E-state index in [1.54, 1.807) is 30.3 Å². The van der Waals surface area contributed by atoms with Crippen LogP contribution in [0.3, 0.4) is 0 Å². The van der Waals surface area contributed by atoms with Gasteiger partial charge in [-0.15, -0.1) is 0 Å². The molecule has 1 aromatic heterocycles. The maximum atomic E-state index is 14.5. The molecule has 1 aliphatic heterocycles. The summed E-state index contributed by atoms with van der Waals surface area (Å²) in [6.07, 6.45) is 2.88. The first kappa shape index (κ1) is 18.1. The van der Waals surface area contributed by atoms with Gasteiger partial charge in [-0.3, -0.25) is 14.5 Å². The summed E-state index contributed by atoms with van der Waals surface area (Å²) in [4.78, 5) is 30.8. The molecule has 3 aliphatic rings. The number of benzene rings is 1. The number of halogens is 2. The van der Waals surface area contributed by atoms with E-state index in [1.165, 1.54) is 4.90 Å². The zero-order valence-corrected chi connectivity index (χ0v) is 16.0. The van der Waals surface area contributed by atoms with Crippen molar-refractivity contribution in [1.82, 2.24) is 9.88 Å². The lowest BCUT2D eigenvalue weighted by Gasteiger charge is -2.26. The van der Waals surface area contributed by atoms with Crippen molar-refractivity contribution >= 4 is 29.2 Å². The van der Waals surface area contributed by atoms with Crippen molar-refractivity contribution in [2.24, 2.45) is 11.8 Å². The predicted molar refractivity (Wildman–Crippen MR) is 103 cm³/mol. The molecule has 1 unspecified atom stereocenters. The molecule has 146 valence electrons. The molecular formula is C21H16ClFN4O2. The van der Waals surface area contributed by atoms with Crippen LogP contribution in [0.25, 0.3) is 0 Å². The third-order valence-corrected chi connectivity index (χ3v) is 6.35. The summed E-state index contributed by atoms with van der Waals surface area (Å²) >= 11 is 5.98. The number of carbonyl (C=O) groups is 2. The number of hydrogen-bond donors (Lipinski definition) is 1. The summed E-state index contributed by atoms with van der Waals surface area (Å²) in [6.45, 7) is 0.138. The maximum Gasteiger partial charge on any atom is 0.261 e. The van der Waals surface area contributed by atoms with Crippen LogP contribution < -0.4 is 5.32 Å². The summed E-state index contributed by atoms with van der Waals surface area (Å²) in [7, 11) is 0. The second-order valence-corrected chi connectivity index (χ2v) is 8.30. The van der Waals surface area contributed by atoms with E-state index < -0.39 is 11.4 Å². The van der Waals surface area contributed by atoms with E-state index in [0.29, 0.717) is 23.5 Å². The van der Waals surface area contributed by atoms with Crippen molar-refractivity contribution in [3.63, 3.8) is 0 Å². The Morgan fingerprint density at radius 3 is 2.52 bits per heavy atom. The molecule has 0 radical (unpaired) electrons. The van der Waals surface area contributed by atoms with Gasteiger partial charge in [0, 0.05) is 0 Å². The van der Waals surface area contributed by atoms with Crippen LogP contribution in [0.4, 0.5) is 10.2 Å². The molecule has 8 heteroatoms. The number of nitrogens with one attached hydrogen (secondary N) is 1. The van der Waals surface area contributed by atoms with Crippen molar-refractivity contribution in [3.8, 4) is 6.07 Å². The van der Waals surface area contributed by atoms with Gasteiger partial charge in [-0.25, -0.2) is 9.37 Å². The van der Waals surface area contributed by atoms with Gasteiger partial charge >= 0.3 is 0 Å². The number of fused-ring (bicyclic) bond motifs is 1. The Bertz CT molecular complexity index is 1080. The van der Waals surface area contributed by atoms with Gasteiger partial charge in [0.25, 0.3) is 11.8 Å². The minimum Gasteiger partial charge on any atom is -0.360 e. The minimum atomic E-state index is -0.686. The number of nitrogens with zero attached hydrogens (tertiary/aromatic N) is 3. The predicted octanol–water partition coefficient (Wildman–Crippen LogP) is 3.62. The second-order valence-electron chi connectivity index (χ2n) is 7.94. The van der Waals surface area contributed by atoms with E-state index in [1.807, 2.05) is 0 Å². The smallest absolute Gasteiger partial charge is 0.261 e. The van der Waals surface area contributed by atoms with E-state index in [9.17, 15) is 14.0 Å². The van der Waals surface area contributed by atoms with Crippen LogP contribution in [0, 0.1) is 29.0 Å². The molecule has 2 fully saturated rings.